The molecule has 0 N–H and O–H groups in total. The van der Waals surface area contributed by atoms with Crippen molar-refractivity contribution in [1.29, 1.82) is 0 Å². The maximum absolute atomic E-state index is 5.82. The predicted molar refractivity (Wildman–Crippen MR) is 82.6 cm³/mol. The molecule has 0 aliphatic heterocycles. The highest BCUT2D eigenvalue weighted by molar-refractivity contribution is 5.34. The third-order valence-corrected chi connectivity index (χ3v) is 2.91. The Morgan fingerprint density at radius 3 is 1.60 bits per heavy atom. The van der Waals surface area contributed by atoms with Gasteiger partial charge < -0.3 is 9.47 Å². The Hall–Kier alpha value is -1.96. The minimum atomic E-state index is -0.155. The Morgan fingerprint density at radius 2 is 1.20 bits per heavy atom. The number of rotatable bonds is 4. The molecule has 0 amide bonds. The van der Waals surface area contributed by atoms with Crippen LogP contribution in [0.25, 0.3) is 0 Å². The number of hydrogen-bond acceptors (Lipinski definition) is 2. The second-order valence-electron chi connectivity index (χ2n) is 5.88. The van der Waals surface area contributed by atoms with Gasteiger partial charge in [0.05, 0.1) is 7.11 Å². The number of benzene rings is 2. The summed E-state index contributed by atoms with van der Waals surface area (Å²) in [5.41, 5.74) is 2.39. The molecule has 0 heterocycles. The van der Waals surface area contributed by atoms with Crippen molar-refractivity contribution in [2.75, 3.05) is 7.11 Å². The highest BCUT2D eigenvalue weighted by atomic mass is 16.5. The highest BCUT2D eigenvalue weighted by Crippen LogP contribution is 2.20. The average molecular weight is 270 g/mol. The van der Waals surface area contributed by atoms with Crippen LogP contribution in [-0.2, 0) is 6.42 Å². The molecule has 0 aliphatic carbocycles. The lowest BCUT2D eigenvalue weighted by atomic mass is 10.0. The van der Waals surface area contributed by atoms with Gasteiger partial charge in [-0.2, -0.15) is 0 Å². The molecule has 2 nitrogen and oxygen atoms in total. The van der Waals surface area contributed by atoms with E-state index in [1.54, 1.807) is 7.11 Å². The lowest BCUT2D eigenvalue weighted by Gasteiger charge is -2.21. The van der Waals surface area contributed by atoms with Gasteiger partial charge in [-0.1, -0.05) is 24.3 Å². The Kier molecular flexibility index (Phi) is 4.33. The third-order valence-electron chi connectivity index (χ3n) is 2.91. The number of methoxy groups -OCH3 is 1. The van der Waals surface area contributed by atoms with Gasteiger partial charge in [-0.05, 0) is 62.6 Å². The molecule has 2 aromatic carbocycles. The first-order valence-electron chi connectivity index (χ1n) is 6.87. The fourth-order valence-corrected chi connectivity index (χ4v) is 2.01. The summed E-state index contributed by atoms with van der Waals surface area (Å²) in [6, 6.07) is 16.5. The van der Waals surface area contributed by atoms with Crippen molar-refractivity contribution < 1.29 is 9.47 Å². The van der Waals surface area contributed by atoms with E-state index >= 15 is 0 Å². The topological polar surface area (TPSA) is 18.5 Å². The van der Waals surface area contributed by atoms with E-state index in [-0.39, 0.29) is 5.60 Å². The Labute approximate surface area is 121 Å². The smallest absolute Gasteiger partial charge is 0.120 e. The fraction of sp³-hybridized carbons (Fsp3) is 0.333. The van der Waals surface area contributed by atoms with E-state index in [0.29, 0.717) is 0 Å². The van der Waals surface area contributed by atoms with Crippen molar-refractivity contribution in [1.82, 2.24) is 0 Å². The van der Waals surface area contributed by atoms with Crippen LogP contribution in [0.4, 0.5) is 0 Å². The summed E-state index contributed by atoms with van der Waals surface area (Å²) in [5, 5.41) is 0. The van der Waals surface area contributed by atoms with Crippen LogP contribution < -0.4 is 9.47 Å². The van der Waals surface area contributed by atoms with E-state index in [2.05, 4.69) is 45.0 Å². The molecule has 0 saturated heterocycles. The van der Waals surface area contributed by atoms with Crippen LogP contribution in [0.2, 0.25) is 0 Å². The van der Waals surface area contributed by atoms with E-state index in [1.807, 2.05) is 24.3 Å². The molecule has 0 spiro atoms. The maximum atomic E-state index is 5.82. The van der Waals surface area contributed by atoms with E-state index in [0.717, 1.165) is 17.9 Å². The van der Waals surface area contributed by atoms with Crippen molar-refractivity contribution in [3.63, 3.8) is 0 Å². The van der Waals surface area contributed by atoms with Gasteiger partial charge in [0.1, 0.15) is 17.1 Å². The van der Waals surface area contributed by atoms with Gasteiger partial charge in [-0.15, -0.1) is 0 Å². The zero-order chi connectivity index (χ0) is 14.6. The van der Waals surface area contributed by atoms with Crippen LogP contribution in [0.3, 0.4) is 0 Å². The molecule has 20 heavy (non-hydrogen) atoms. The molecule has 2 heteroatoms. The minimum absolute atomic E-state index is 0.155. The first kappa shape index (κ1) is 14.4. The Bertz CT molecular complexity index is 533. The highest BCUT2D eigenvalue weighted by Gasteiger charge is 2.11. The largest absolute Gasteiger partial charge is 0.497 e. The zero-order valence-corrected chi connectivity index (χ0v) is 12.6. The second-order valence-corrected chi connectivity index (χ2v) is 5.88. The molecule has 0 atom stereocenters. The van der Waals surface area contributed by atoms with Crippen molar-refractivity contribution in [2.45, 2.75) is 32.8 Å². The molecule has 0 fully saturated rings. The van der Waals surface area contributed by atoms with Gasteiger partial charge in [-0.3, -0.25) is 0 Å². The Morgan fingerprint density at radius 1 is 0.750 bits per heavy atom. The summed E-state index contributed by atoms with van der Waals surface area (Å²) in [6.07, 6.45) is 0.916. The molecule has 0 saturated carbocycles. The average Bonchev–Trinajstić information content (AvgIpc) is 2.40. The normalized spacial score (nSPS) is 11.2. The fourth-order valence-electron chi connectivity index (χ4n) is 2.01. The number of hydrogen-bond donors (Lipinski definition) is 0. The van der Waals surface area contributed by atoms with Gasteiger partial charge in [-0.25, -0.2) is 0 Å². The molecular weight excluding hydrogens is 248 g/mol. The van der Waals surface area contributed by atoms with E-state index in [4.69, 9.17) is 9.47 Å². The first-order valence-corrected chi connectivity index (χ1v) is 6.87. The van der Waals surface area contributed by atoms with Crippen molar-refractivity contribution in [2.24, 2.45) is 0 Å². The number of ether oxygens (including phenoxy) is 2. The van der Waals surface area contributed by atoms with Crippen LogP contribution in [0, 0.1) is 0 Å². The van der Waals surface area contributed by atoms with E-state index < -0.39 is 0 Å². The summed E-state index contributed by atoms with van der Waals surface area (Å²) in [4.78, 5) is 0. The minimum Gasteiger partial charge on any atom is -0.497 e. The van der Waals surface area contributed by atoms with Crippen LogP contribution in [0.5, 0.6) is 11.5 Å². The van der Waals surface area contributed by atoms with Crippen molar-refractivity contribution in [3.05, 3.63) is 59.7 Å². The monoisotopic (exact) mass is 270 g/mol. The van der Waals surface area contributed by atoms with Crippen LogP contribution in [0.1, 0.15) is 31.9 Å². The van der Waals surface area contributed by atoms with Gasteiger partial charge in [0, 0.05) is 0 Å². The van der Waals surface area contributed by atoms with Gasteiger partial charge in [0.2, 0.25) is 0 Å². The van der Waals surface area contributed by atoms with E-state index in [9.17, 15) is 0 Å². The maximum Gasteiger partial charge on any atom is 0.120 e. The Balaban J connectivity index is 2.02. The quantitative estimate of drug-likeness (QED) is 0.816. The standard InChI is InChI=1S/C18H22O2/c1-18(2,3)20-17-11-7-15(8-12-17)13-14-5-9-16(19-4)10-6-14/h5-12H,13H2,1-4H3. The van der Waals surface area contributed by atoms with Gasteiger partial charge in [0.15, 0.2) is 0 Å². The second kappa shape index (κ2) is 6.00. The van der Waals surface area contributed by atoms with Crippen LogP contribution in [-0.4, -0.2) is 12.7 Å². The summed E-state index contributed by atoms with van der Waals surface area (Å²) < 4.78 is 11.0. The summed E-state index contributed by atoms with van der Waals surface area (Å²) in [7, 11) is 1.68. The first-order chi connectivity index (χ1) is 9.46. The van der Waals surface area contributed by atoms with Crippen molar-refractivity contribution >= 4 is 0 Å². The lowest BCUT2D eigenvalue weighted by Crippen LogP contribution is -2.22. The molecule has 0 aliphatic rings. The van der Waals surface area contributed by atoms with E-state index in [1.165, 1.54) is 11.1 Å². The zero-order valence-electron chi connectivity index (χ0n) is 12.6. The molecular formula is C18H22O2. The van der Waals surface area contributed by atoms with Gasteiger partial charge in [0.25, 0.3) is 0 Å². The molecule has 0 aromatic heterocycles. The summed E-state index contributed by atoms with van der Waals surface area (Å²) >= 11 is 0. The van der Waals surface area contributed by atoms with Crippen LogP contribution >= 0.6 is 0 Å². The summed E-state index contributed by atoms with van der Waals surface area (Å²) in [5.74, 6) is 1.80. The molecule has 2 aromatic rings. The van der Waals surface area contributed by atoms with Crippen LogP contribution in [0.15, 0.2) is 48.5 Å². The molecule has 2 rings (SSSR count). The lowest BCUT2D eigenvalue weighted by molar-refractivity contribution is 0.131. The SMILES string of the molecule is COc1ccc(Cc2ccc(OC(C)(C)C)cc2)cc1. The predicted octanol–water partition coefficient (Wildman–Crippen LogP) is 4.46. The summed E-state index contributed by atoms with van der Waals surface area (Å²) in [6.45, 7) is 6.16. The molecule has 0 unspecified atom stereocenters. The molecule has 106 valence electrons. The molecule has 0 bridgehead atoms. The molecule has 0 radical (unpaired) electrons. The van der Waals surface area contributed by atoms with Crippen molar-refractivity contribution in [3.8, 4) is 11.5 Å². The third kappa shape index (κ3) is 4.30. The van der Waals surface area contributed by atoms with Gasteiger partial charge >= 0.3 is 0 Å².